The Hall–Kier alpha value is -2.58. The Balaban J connectivity index is 1.86. The van der Waals surface area contributed by atoms with E-state index in [2.05, 4.69) is 10.5 Å². The molecule has 0 bridgehead atoms. The molecule has 0 fully saturated rings. The predicted molar refractivity (Wildman–Crippen MR) is 114 cm³/mol. The number of hydrogen-bond donors (Lipinski definition) is 1. The van der Waals surface area contributed by atoms with E-state index in [4.69, 9.17) is 14.3 Å². The highest BCUT2D eigenvalue weighted by molar-refractivity contribution is 6.00. The van der Waals surface area contributed by atoms with Crippen LogP contribution < -0.4 is 10.1 Å². The molecule has 0 heterocycles. The number of oxime groups is 1. The molecule has 2 aromatic rings. The van der Waals surface area contributed by atoms with Crippen molar-refractivity contribution in [2.75, 3.05) is 34.0 Å². The van der Waals surface area contributed by atoms with Crippen LogP contribution in [0.25, 0.3) is 0 Å². The maximum atomic E-state index is 12.8. The topological polar surface area (TPSA) is 52.1 Å². The van der Waals surface area contributed by atoms with Crippen LogP contribution in [-0.2, 0) is 22.3 Å². The second kappa shape index (κ2) is 13.0. The number of hydrogen-bond acceptors (Lipinski definition) is 5. The Morgan fingerprint density at radius 3 is 2.26 bits per heavy atom. The minimum Gasteiger partial charge on any atom is -0.497 e. The number of alkyl halides is 3. The number of nitrogens with one attached hydrogen (secondary N) is 1. The van der Waals surface area contributed by atoms with E-state index in [1.165, 1.54) is 12.1 Å². The molecule has 0 atom stereocenters. The zero-order valence-electron chi connectivity index (χ0n) is 17.9. The van der Waals surface area contributed by atoms with Crippen LogP contribution >= 0.6 is 0 Å². The van der Waals surface area contributed by atoms with Gasteiger partial charge in [-0.15, -0.1) is 0 Å². The molecule has 8 heteroatoms. The largest absolute Gasteiger partial charge is 0.497 e. The molecule has 0 spiro atoms. The molecule has 5 nitrogen and oxygen atoms in total. The predicted octanol–water partition coefficient (Wildman–Crippen LogP) is 5.04. The summed E-state index contributed by atoms with van der Waals surface area (Å²) in [6.07, 6.45) is -2.14. The van der Waals surface area contributed by atoms with Gasteiger partial charge in [-0.05, 0) is 54.7 Å². The van der Waals surface area contributed by atoms with Gasteiger partial charge in [-0.3, -0.25) is 0 Å². The zero-order valence-corrected chi connectivity index (χ0v) is 17.9. The Kier molecular flexibility index (Phi) is 10.3. The van der Waals surface area contributed by atoms with Gasteiger partial charge in [0.25, 0.3) is 0 Å². The first kappa shape index (κ1) is 24.7. The van der Waals surface area contributed by atoms with Crippen LogP contribution in [0.2, 0.25) is 0 Å². The molecule has 0 aliphatic heterocycles. The van der Waals surface area contributed by atoms with Gasteiger partial charge in [0.1, 0.15) is 12.4 Å². The van der Waals surface area contributed by atoms with E-state index in [0.717, 1.165) is 36.3 Å². The first-order chi connectivity index (χ1) is 14.9. The van der Waals surface area contributed by atoms with Gasteiger partial charge in [-0.1, -0.05) is 29.4 Å². The van der Waals surface area contributed by atoms with Crippen LogP contribution in [0.5, 0.6) is 5.75 Å². The van der Waals surface area contributed by atoms with E-state index in [9.17, 15) is 13.2 Å². The lowest BCUT2D eigenvalue weighted by Crippen LogP contribution is -2.18. The third-order valence-electron chi connectivity index (χ3n) is 4.59. The highest BCUT2D eigenvalue weighted by atomic mass is 19.4. The number of halogens is 3. The first-order valence-electron chi connectivity index (χ1n) is 10.1. The number of nitrogens with zero attached hydrogens (tertiary/aromatic N) is 1. The highest BCUT2D eigenvalue weighted by Gasteiger charge is 2.30. The fraction of sp³-hybridized carbons (Fsp3) is 0.435. The summed E-state index contributed by atoms with van der Waals surface area (Å²) in [5.41, 5.74) is 1.68. The molecule has 0 radical (unpaired) electrons. The maximum Gasteiger partial charge on any atom is 0.416 e. The lowest BCUT2D eigenvalue weighted by atomic mass is 10.0. The third-order valence-corrected chi connectivity index (χ3v) is 4.59. The number of ether oxygens (including phenoxy) is 2. The molecule has 170 valence electrons. The summed E-state index contributed by atoms with van der Waals surface area (Å²) in [7, 11) is 3.26. The van der Waals surface area contributed by atoms with Crippen LogP contribution in [0.1, 0.15) is 36.0 Å². The summed E-state index contributed by atoms with van der Waals surface area (Å²) in [5, 5.41) is 7.45. The highest BCUT2D eigenvalue weighted by Crippen LogP contribution is 2.29. The minimum atomic E-state index is -4.36. The van der Waals surface area contributed by atoms with Crippen molar-refractivity contribution in [1.82, 2.24) is 5.32 Å². The summed E-state index contributed by atoms with van der Waals surface area (Å²) >= 11 is 0. The van der Waals surface area contributed by atoms with E-state index in [1.807, 2.05) is 24.3 Å². The van der Waals surface area contributed by atoms with Gasteiger partial charge in [0.15, 0.2) is 0 Å². The summed E-state index contributed by atoms with van der Waals surface area (Å²) in [6, 6.07) is 12.8. The van der Waals surface area contributed by atoms with Gasteiger partial charge < -0.3 is 19.6 Å². The molecule has 0 aromatic heterocycles. The molecular weight excluding hydrogens is 409 g/mol. The standard InChI is InChI=1S/C23H29F3N2O3/c1-29-15-4-3-5-22(19-8-10-20(11-9-19)23(24,25)26)28-31-16-14-27-17-18-6-12-21(30-2)13-7-18/h6-13,27H,3-5,14-17H2,1-2H3. The average molecular weight is 438 g/mol. The molecule has 2 rings (SSSR count). The van der Waals surface area contributed by atoms with E-state index >= 15 is 0 Å². The Bertz CT molecular complexity index is 791. The molecule has 0 saturated carbocycles. The summed E-state index contributed by atoms with van der Waals surface area (Å²) in [5.74, 6) is 0.808. The second-order valence-corrected chi connectivity index (χ2v) is 6.92. The number of methoxy groups -OCH3 is 2. The van der Waals surface area contributed by atoms with Crippen LogP contribution in [-0.4, -0.2) is 39.7 Å². The van der Waals surface area contributed by atoms with Crippen molar-refractivity contribution in [2.24, 2.45) is 5.16 Å². The maximum absolute atomic E-state index is 12.8. The fourth-order valence-corrected chi connectivity index (χ4v) is 2.85. The lowest BCUT2D eigenvalue weighted by molar-refractivity contribution is -0.137. The van der Waals surface area contributed by atoms with Crippen molar-refractivity contribution in [3.8, 4) is 5.75 Å². The number of rotatable bonds is 13. The number of benzene rings is 2. The number of unbranched alkanes of at least 4 members (excludes halogenated alkanes) is 1. The fourth-order valence-electron chi connectivity index (χ4n) is 2.85. The quantitative estimate of drug-likeness (QED) is 0.270. The van der Waals surface area contributed by atoms with Gasteiger partial charge in [0.05, 0.1) is 18.4 Å². The Morgan fingerprint density at radius 1 is 0.935 bits per heavy atom. The first-order valence-corrected chi connectivity index (χ1v) is 10.1. The lowest BCUT2D eigenvalue weighted by Gasteiger charge is -2.10. The van der Waals surface area contributed by atoms with Crippen molar-refractivity contribution < 1.29 is 27.5 Å². The van der Waals surface area contributed by atoms with Crippen molar-refractivity contribution in [1.29, 1.82) is 0 Å². The summed E-state index contributed by atoms with van der Waals surface area (Å²) in [4.78, 5) is 5.43. The van der Waals surface area contributed by atoms with Crippen LogP contribution in [0.3, 0.4) is 0 Å². The molecule has 0 aliphatic rings. The molecule has 0 saturated heterocycles. The summed E-state index contributed by atoms with van der Waals surface area (Å²) in [6.45, 7) is 2.23. The van der Waals surface area contributed by atoms with Crippen LogP contribution in [0.15, 0.2) is 53.7 Å². The van der Waals surface area contributed by atoms with Crippen LogP contribution in [0, 0.1) is 0 Å². The van der Waals surface area contributed by atoms with Crippen molar-refractivity contribution in [3.05, 3.63) is 65.2 Å². The van der Waals surface area contributed by atoms with Gasteiger partial charge in [0.2, 0.25) is 0 Å². The Labute approximate surface area is 181 Å². The minimum absolute atomic E-state index is 0.346. The zero-order chi connectivity index (χ0) is 22.5. The average Bonchev–Trinajstić information content (AvgIpc) is 2.77. The SMILES string of the molecule is COCCCCC(=NOCCNCc1ccc(OC)cc1)c1ccc(C(F)(F)F)cc1. The van der Waals surface area contributed by atoms with Gasteiger partial charge in [0, 0.05) is 26.8 Å². The van der Waals surface area contributed by atoms with E-state index in [-0.39, 0.29) is 0 Å². The monoisotopic (exact) mass is 438 g/mol. The van der Waals surface area contributed by atoms with Crippen molar-refractivity contribution in [3.63, 3.8) is 0 Å². The molecule has 1 N–H and O–H groups in total. The summed E-state index contributed by atoms with van der Waals surface area (Å²) < 4.78 is 48.6. The van der Waals surface area contributed by atoms with E-state index in [0.29, 0.717) is 44.0 Å². The molecule has 0 unspecified atom stereocenters. The normalized spacial score (nSPS) is 12.1. The second-order valence-electron chi connectivity index (χ2n) is 6.92. The van der Waals surface area contributed by atoms with Crippen molar-refractivity contribution in [2.45, 2.75) is 32.0 Å². The molecule has 0 aliphatic carbocycles. The molecular formula is C23H29F3N2O3. The molecule has 0 amide bonds. The van der Waals surface area contributed by atoms with Gasteiger partial charge in [-0.2, -0.15) is 13.2 Å². The molecule has 2 aromatic carbocycles. The third kappa shape index (κ3) is 8.98. The smallest absolute Gasteiger partial charge is 0.416 e. The van der Waals surface area contributed by atoms with E-state index in [1.54, 1.807) is 14.2 Å². The van der Waals surface area contributed by atoms with E-state index < -0.39 is 11.7 Å². The van der Waals surface area contributed by atoms with Gasteiger partial charge in [-0.25, -0.2) is 0 Å². The Morgan fingerprint density at radius 2 is 1.65 bits per heavy atom. The van der Waals surface area contributed by atoms with Gasteiger partial charge >= 0.3 is 6.18 Å². The van der Waals surface area contributed by atoms with Crippen molar-refractivity contribution >= 4 is 5.71 Å². The molecule has 31 heavy (non-hydrogen) atoms. The van der Waals surface area contributed by atoms with Crippen LogP contribution in [0.4, 0.5) is 13.2 Å².